The van der Waals surface area contributed by atoms with Gasteiger partial charge in [-0.25, -0.2) is 9.97 Å². The van der Waals surface area contributed by atoms with Gasteiger partial charge in [-0.05, 0) is 26.0 Å². The van der Waals surface area contributed by atoms with Crippen molar-refractivity contribution in [1.29, 1.82) is 0 Å². The smallest absolute Gasteiger partial charge is 0.270 e. The van der Waals surface area contributed by atoms with Crippen molar-refractivity contribution in [3.8, 4) is 11.5 Å². The minimum atomic E-state index is -0.156. The van der Waals surface area contributed by atoms with Gasteiger partial charge in [0.2, 0.25) is 5.89 Å². The van der Waals surface area contributed by atoms with Crippen molar-refractivity contribution < 1.29 is 9.21 Å². The molecule has 0 saturated carbocycles. The molecule has 3 aromatic rings. The minimum Gasteiger partial charge on any atom is -0.444 e. The molecular weight excluding hydrogens is 310 g/mol. The molecule has 1 N–H and O–H groups in total. The summed E-state index contributed by atoms with van der Waals surface area (Å²) in [7, 11) is 0. The van der Waals surface area contributed by atoms with E-state index in [1.54, 1.807) is 11.6 Å². The fourth-order valence-corrected chi connectivity index (χ4v) is 2.71. The molecule has 2 heterocycles. The zero-order valence-electron chi connectivity index (χ0n) is 13.0. The topological polar surface area (TPSA) is 68.0 Å². The molecule has 1 aromatic carbocycles. The van der Waals surface area contributed by atoms with Gasteiger partial charge in [0.05, 0.1) is 10.7 Å². The third-order valence-electron chi connectivity index (χ3n) is 3.37. The first-order valence-corrected chi connectivity index (χ1v) is 8.21. The lowest BCUT2D eigenvalue weighted by Gasteiger charge is -2.00. The van der Waals surface area contributed by atoms with Gasteiger partial charge >= 0.3 is 0 Å². The second kappa shape index (κ2) is 6.75. The van der Waals surface area contributed by atoms with Crippen LogP contribution in [0.15, 0.2) is 40.3 Å². The Balaban J connectivity index is 1.55. The van der Waals surface area contributed by atoms with Gasteiger partial charge in [-0.3, -0.25) is 4.79 Å². The quantitative estimate of drug-likeness (QED) is 0.780. The second-order valence-electron chi connectivity index (χ2n) is 5.27. The van der Waals surface area contributed by atoms with Crippen LogP contribution in [0.3, 0.4) is 0 Å². The van der Waals surface area contributed by atoms with E-state index in [2.05, 4.69) is 15.3 Å². The van der Waals surface area contributed by atoms with Crippen LogP contribution in [0.1, 0.15) is 26.8 Å². The van der Waals surface area contributed by atoms with Crippen molar-refractivity contribution in [2.24, 2.45) is 0 Å². The molecule has 0 aliphatic heterocycles. The number of carbonyl (C=O) groups excluding carboxylic acids is 1. The van der Waals surface area contributed by atoms with Crippen LogP contribution in [0.25, 0.3) is 11.5 Å². The zero-order valence-corrected chi connectivity index (χ0v) is 13.8. The van der Waals surface area contributed by atoms with Gasteiger partial charge in [-0.2, -0.15) is 0 Å². The molecule has 0 unspecified atom stereocenters. The van der Waals surface area contributed by atoms with E-state index in [0.29, 0.717) is 24.6 Å². The van der Waals surface area contributed by atoms with Crippen LogP contribution in [-0.2, 0) is 6.42 Å². The Bertz CT molecular complexity index is 805. The van der Waals surface area contributed by atoms with Crippen LogP contribution in [0.5, 0.6) is 0 Å². The number of aromatic nitrogens is 2. The van der Waals surface area contributed by atoms with E-state index < -0.39 is 0 Å². The molecule has 0 atom stereocenters. The Morgan fingerprint density at radius 2 is 2.00 bits per heavy atom. The standard InChI is InChI=1S/C17H17N3O2S/c1-11-3-5-13(6-4-11)17-20-14(9-22-17)7-8-18-16(21)15-10-23-12(2)19-15/h3-6,9-10H,7-8H2,1-2H3,(H,18,21). The van der Waals surface area contributed by atoms with E-state index in [1.807, 2.05) is 38.1 Å². The highest BCUT2D eigenvalue weighted by Crippen LogP contribution is 2.19. The molecule has 1 amide bonds. The van der Waals surface area contributed by atoms with Crippen LogP contribution in [0.2, 0.25) is 0 Å². The molecule has 118 valence electrons. The molecule has 0 spiro atoms. The lowest BCUT2D eigenvalue weighted by molar-refractivity contribution is 0.0949. The third-order valence-corrected chi connectivity index (χ3v) is 4.14. The highest BCUT2D eigenvalue weighted by Gasteiger charge is 2.10. The van der Waals surface area contributed by atoms with Crippen molar-refractivity contribution in [3.05, 3.63) is 57.9 Å². The predicted octanol–water partition coefficient (Wildman–Crippen LogP) is 3.39. The highest BCUT2D eigenvalue weighted by atomic mass is 32.1. The van der Waals surface area contributed by atoms with E-state index in [-0.39, 0.29) is 5.91 Å². The van der Waals surface area contributed by atoms with Crippen molar-refractivity contribution >= 4 is 17.2 Å². The van der Waals surface area contributed by atoms with Crippen LogP contribution < -0.4 is 5.32 Å². The number of aryl methyl sites for hydroxylation is 2. The summed E-state index contributed by atoms with van der Waals surface area (Å²) in [4.78, 5) is 20.5. The Morgan fingerprint density at radius 3 is 2.70 bits per heavy atom. The van der Waals surface area contributed by atoms with E-state index in [4.69, 9.17) is 4.42 Å². The van der Waals surface area contributed by atoms with Crippen molar-refractivity contribution in [2.45, 2.75) is 20.3 Å². The number of amides is 1. The van der Waals surface area contributed by atoms with Crippen LogP contribution in [0, 0.1) is 13.8 Å². The predicted molar refractivity (Wildman–Crippen MR) is 89.6 cm³/mol. The van der Waals surface area contributed by atoms with E-state index in [9.17, 15) is 4.79 Å². The lowest BCUT2D eigenvalue weighted by atomic mass is 10.1. The average Bonchev–Trinajstić information content (AvgIpc) is 3.17. The average molecular weight is 327 g/mol. The maximum Gasteiger partial charge on any atom is 0.270 e. The fraction of sp³-hybridized carbons (Fsp3) is 0.235. The normalized spacial score (nSPS) is 10.7. The van der Waals surface area contributed by atoms with Gasteiger partial charge < -0.3 is 9.73 Å². The molecule has 6 heteroatoms. The van der Waals surface area contributed by atoms with Gasteiger partial charge in [0.15, 0.2) is 0 Å². The zero-order chi connectivity index (χ0) is 16.2. The summed E-state index contributed by atoms with van der Waals surface area (Å²) in [6.07, 6.45) is 2.25. The summed E-state index contributed by atoms with van der Waals surface area (Å²) >= 11 is 1.47. The Hall–Kier alpha value is -2.47. The van der Waals surface area contributed by atoms with Gasteiger partial charge in [-0.15, -0.1) is 11.3 Å². The summed E-state index contributed by atoms with van der Waals surface area (Å²) in [5.74, 6) is 0.443. The van der Waals surface area contributed by atoms with Crippen molar-refractivity contribution in [1.82, 2.24) is 15.3 Å². The molecule has 5 nitrogen and oxygen atoms in total. The molecular formula is C17H17N3O2S. The number of thiazole rings is 1. The summed E-state index contributed by atoms with van der Waals surface area (Å²) in [5.41, 5.74) is 3.42. The van der Waals surface area contributed by atoms with Crippen LogP contribution >= 0.6 is 11.3 Å². The minimum absolute atomic E-state index is 0.156. The van der Waals surface area contributed by atoms with E-state index in [0.717, 1.165) is 16.3 Å². The maximum absolute atomic E-state index is 11.9. The first kappa shape index (κ1) is 15.4. The molecule has 0 aliphatic carbocycles. The highest BCUT2D eigenvalue weighted by molar-refractivity contribution is 7.09. The van der Waals surface area contributed by atoms with E-state index >= 15 is 0 Å². The Kier molecular flexibility index (Phi) is 4.52. The summed E-state index contributed by atoms with van der Waals surface area (Å²) in [6.45, 7) is 4.41. The third kappa shape index (κ3) is 3.84. The summed E-state index contributed by atoms with van der Waals surface area (Å²) in [5, 5.41) is 5.48. The molecule has 0 fully saturated rings. The van der Waals surface area contributed by atoms with Crippen LogP contribution in [-0.4, -0.2) is 22.4 Å². The largest absolute Gasteiger partial charge is 0.444 e. The van der Waals surface area contributed by atoms with Gasteiger partial charge in [-0.1, -0.05) is 17.7 Å². The summed E-state index contributed by atoms with van der Waals surface area (Å²) in [6, 6.07) is 8.01. The molecule has 0 aliphatic rings. The number of nitrogens with one attached hydrogen (secondary N) is 1. The number of hydrogen-bond donors (Lipinski definition) is 1. The van der Waals surface area contributed by atoms with Gasteiger partial charge in [0.1, 0.15) is 12.0 Å². The molecule has 3 rings (SSSR count). The fourth-order valence-electron chi connectivity index (χ4n) is 2.11. The number of benzene rings is 1. The van der Waals surface area contributed by atoms with Crippen molar-refractivity contribution in [3.63, 3.8) is 0 Å². The SMILES string of the molecule is Cc1ccc(-c2nc(CCNC(=O)c3csc(C)n3)co2)cc1. The molecule has 0 bridgehead atoms. The number of rotatable bonds is 5. The summed E-state index contributed by atoms with van der Waals surface area (Å²) < 4.78 is 5.50. The molecule has 0 radical (unpaired) electrons. The van der Waals surface area contributed by atoms with E-state index in [1.165, 1.54) is 16.9 Å². The lowest BCUT2D eigenvalue weighted by Crippen LogP contribution is -2.26. The molecule has 0 saturated heterocycles. The van der Waals surface area contributed by atoms with Gasteiger partial charge in [0, 0.05) is 23.9 Å². The molecule has 23 heavy (non-hydrogen) atoms. The number of nitrogens with zero attached hydrogens (tertiary/aromatic N) is 2. The monoisotopic (exact) mass is 327 g/mol. The number of oxazole rings is 1. The molecule has 2 aromatic heterocycles. The number of hydrogen-bond acceptors (Lipinski definition) is 5. The maximum atomic E-state index is 11.9. The Morgan fingerprint density at radius 1 is 1.22 bits per heavy atom. The number of carbonyl (C=O) groups is 1. The van der Waals surface area contributed by atoms with Crippen LogP contribution in [0.4, 0.5) is 0 Å². The first-order chi connectivity index (χ1) is 11.1. The van der Waals surface area contributed by atoms with Gasteiger partial charge in [0.25, 0.3) is 5.91 Å². The van der Waals surface area contributed by atoms with Crippen molar-refractivity contribution in [2.75, 3.05) is 6.54 Å². The first-order valence-electron chi connectivity index (χ1n) is 7.33. The Labute approximate surface area is 138 Å². The second-order valence-corrected chi connectivity index (χ2v) is 6.33.